The number of hydrogen-bond donors (Lipinski definition) is 1. The van der Waals surface area contributed by atoms with Gasteiger partial charge in [0.05, 0.1) is 10.6 Å². The molecule has 0 aliphatic rings. The fourth-order valence-corrected chi connectivity index (χ4v) is 2.29. The zero-order valence-corrected chi connectivity index (χ0v) is 9.77. The lowest BCUT2D eigenvalue weighted by molar-refractivity contribution is 1.20. The summed E-state index contributed by atoms with van der Waals surface area (Å²) in [7, 11) is 0. The SMILES string of the molecule is CCNc1ccnc(-c2ccc(C)s2)c1. The number of rotatable bonds is 3. The molecule has 2 nitrogen and oxygen atoms in total. The molecule has 0 radical (unpaired) electrons. The predicted molar refractivity (Wildman–Crippen MR) is 66.5 cm³/mol. The number of thiophene rings is 1. The largest absolute Gasteiger partial charge is 0.385 e. The van der Waals surface area contributed by atoms with E-state index in [4.69, 9.17) is 0 Å². The summed E-state index contributed by atoms with van der Waals surface area (Å²) in [5.41, 5.74) is 2.18. The van der Waals surface area contributed by atoms with E-state index in [1.54, 1.807) is 11.3 Å². The molecule has 0 atom stereocenters. The van der Waals surface area contributed by atoms with Crippen molar-refractivity contribution in [2.75, 3.05) is 11.9 Å². The number of nitrogens with one attached hydrogen (secondary N) is 1. The zero-order valence-electron chi connectivity index (χ0n) is 8.95. The van der Waals surface area contributed by atoms with Crippen LogP contribution in [-0.2, 0) is 0 Å². The van der Waals surface area contributed by atoms with Gasteiger partial charge in [0.2, 0.25) is 0 Å². The first kappa shape index (κ1) is 10.2. The minimum absolute atomic E-state index is 0.937. The first-order chi connectivity index (χ1) is 7.29. The number of hydrogen-bond acceptors (Lipinski definition) is 3. The van der Waals surface area contributed by atoms with Gasteiger partial charge in [-0.1, -0.05) is 0 Å². The average molecular weight is 218 g/mol. The molecule has 0 spiro atoms. The smallest absolute Gasteiger partial charge is 0.0822 e. The Balaban J connectivity index is 2.32. The van der Waals surface area contributed by atoms with Crippen LogP contribution in [0.25, 0.3) is 10.6 Å². The Bertz CT molecular complexity index is 448. The van der Waals surface area contributed by atoms with Gasteiger partial charge < -0.3 is 5.32 Å². The van der Waals surface area contributed by atoms with E-state index in [9.17, 15) is 0 Å². The van der Waals surface area contributed by atoms with Crippen LogP contribution >= 0.6 is 11.3 Å². The van der Waals surface area contributed by atoms with Crippen LogP contribution in [-0.4, -0.2) is 11.5 Å². The summed E-state index contributed by atoms with van der Waals surface area (Å²) in [4.78, 5) is 6.92. The van der Waals surface area contributed by atoms with Crippen LogP contribution < -0.4 is 5.32 Å². The summed E-state index contributed by atoms with van der Waals surface area (Å²) < 4.78 is 0. The van der Waals surface area contributed by atoms with Crippen molar-refractivity contribution in [2.45, 2.75) is 13.8 Å². The van der Waals surface area contributed by atoms with Crippen LogP contribution in [0.4, 0.5) is 5.69 Å². The van der Waals surface area contributed by atoms with Crippen molar-refractivity contribution in [2.24, 2.45) is 0 Å². The summed E-state index contributed by atoms with van der Waals surface area (Å²) in [5.74, 6) is 0. The second-order valence-corrected chi connectivity index (χ2v) is 4.66. The normalized spacial score (nSPS) is 10.3. The highest BCUT2D eigenvalue weighted by Crippen LogP contribution is 2.27. The molecule has 0 unspecified atom stereocenters. The van der Waals surface area contributed by atoms with E-state index in [1.807, 2.05) is 12.3 Å². The predicted octanol–water partition coefficient (Wildman–Crippen LogP) is 3.55. The minimum atomic E-state index is 0.937. The van der Waals surface area contributed by atoms with Gasteiger partial charge in [0.1, 0.15) is 0 Å². The second kappa shape index (κ2) is 4.45. The molecule has 0 bridgehead atoms. The van der Waals surface area contributed by atoms with E-state index in [2.05, 4.69) is 42.3 Å². The fourth-order valence-electron chi connectivity index (χ4n) is 1.45. The number of pyridine rings is 1. The molecule has 0 saturated carbocycles. The molecule has 78 valence electrons. The summed E-state index contributed by atoms with van der Waals surface area (Å²) in [6.45, 7) is 5.14. The molecule has 2 rings (SSSR count). The van der Waals surface area contributed by atoms with Crippen LogP contribution in [0.15, 0.2) is 30.5 Å². The maximum absolute atomic E-state index is 4.38. The van der Waals surface area contributed by atoms with E-state index < -0.39 is 0 Å². The molecule has 0 fully saturated rings. The van der Waals surface area contributed by atoms with Crippen molar-refractivity contribution in [3.05, 3.63) is 35.3 Å². The highest BCUT2D eigenvalue weighted by Gasteiger charge is 2.02. The highest BCUT2D eigenvalue weighted by atomic mass is 32.1. The molecule has 15 heavy (non-hydrogen) atoms. The number of aromatic nitrogens is 1. The minimum Gasteiger partial charge on any atom is -0.385 e. The van der Waals surface area contributed by atoms with Gasteiger partial charge in [-0.2, -0.15) is 0 Å². The summed E-state index contributed by atoms with van der Waals surface area (Å²) >= 11 is 1.78. The van der Waals surface area contributed by atoms with Crippen molar-refractivity contribution >= 4 is 17.0 Å². The van der Waals surface area contributed by atoms with E-state index >= 15 is 0 Å². The first-order valence-corrected chi connectivity index (χ1v) is 5.88. The zero-order chi connectivity index (χ0) is 10.7. The monoisotopic (exact) mass is 218 g/mol. The Morgan fingerprint density at radius 1 is 1.33 bits per heavy atom. The van der Waals surface area contributed by atoms with E-state index in [0.29, 0.717) is 0 Å². The molecule has 3 heteroatoms. The Morgan fingerprint density at radius 3 is 2.87 bits per heavy atom. The molecule has 1 N–H and O–H groups in total. The molecular formula is C12H14N2S. The van der Waals surface area contributed by atoms with Crippen LogP contribution in [0.5, 0.6) is 0 Å². The van der Waals surface area contributed by atoms with Crippen molar-refractivity contribution in [3.8, 4) is 10.6 Å². The molecule has 0 aliphatic heterocycles. The molecule has 0 amide bonds. The number of nitrogens with zero attached hydrogens (tertiary/aromatic N) is 1. The van der Waals surface area contributed by atoms with Crippen molar-refractivity contribution < 1.29 is 0 Å². The molecule has 0 aromatic carbocycles. The van der Waals surface area contributed by atoms with Crippen LogP contribution in [0.3, 0.4) is 0 Å². The Labute approximate surface area is 94.0 Å². The van der Waals surface area contributed by atoms with Gasteiger partial charge in [-0.05, 0) is 38.1 Å². The van der Waals surface area contributed by atoms with Crippen molar-refractivity contribution in [1.82, 2.24) is 4.98 Å². The lowest BCUT2D eigenvalue weighted by Crippen LogP contribution is -1.96. The Morgan fingerprint density at radius 2 is 2.20 bits per heavy atom. The summed E-state index contributed by atoms with van der Waals surface area (Å²) in [5, 5.41) is 3.29. The van der Waals surface area contributed by atoms with Gasteiger partial charge in [0, 0.05) is 23.3 Å². The van der Waals surface area contributed by atoms with Gasteiger partial charge in [-0.25, -0.2) is 0 Å². The van der Waals surface area contributed by atoms with Gasteiger partial charge >= 0.3 is 0 Å². The maximum Gasteiger partial charge on any atom is 0.0822 e. The van der Waals surface area contributed by atoms with Crippen LogP contribution in [0, 0.1) is 6.92 Å². The van der Waals surface area contributed by atoms with Crippen LogP contribution in [0.2, 0.25) is 0 Å². The number of aryl methyl sites for hydroxylation is 1. The van der Waals surface area contributed by atoms with Gasteiger partial charge in [-0.3, -0.25) is 4.98 Å². The van der Waals surface area contributed by atoms with E-state index in [0.717, 1.165) is 17.9 Å². The van der Waals surface area contributed by atoms with Crippen LogP contribution in [0.1, 0.15) is 11.8 Å². The lowest BCUT2D eigenvalue weighted by atomic mass is 10.2. The topological polar surface area (TPSA) is 24.9 Å². The fraction of sp³-hybridized carbons (Fsp3) is 0.250. The summed E-state index contributed by atoms with van der Waals surface area (Å²) in [6, 6.07) is 8.34. The maximum atomic E-state index is 4.38. The Kier molecular flexibility index (Phi) is 3.02. The molecule has 2 aromatic rings. The van der Waals surface area contributed by atoms with E-state index in [-0.39, 0.29) is 0 Å². The third-order valence-electron chi connectivity index (χ3n) is 2.13. The van der Waals surface area contributed by atoms with Gasteiger partial charge in [0.15, 0.2) is 0 Å². The highest BCUT2D eigenvalue weighted by molar-refractivity contribution is 7.15. The van der Waals surface area contributed by atoms with E-state index in [1.165, 1.54) is 9.75 Å². The molecule has 2 aromatic heterocycles. The summed E-state index contributed by atoms with van der Waals surface area (Å²) in [6.07, 6.45) is 1.85. The third-order valence-corrected chi connectivity index (χ3v) is 3.16. The van der Waals surface area contributed by atoms with Gasteiger partial charge in [-0.15, -0.1) is 11.3 Å². The first-order valence-electron chi connectivity index (χ1n) is 5.06. The Hall–Kier alpha value is -1.35. The lowest BCUT2D eigenvalue weighted by Gasteiger charge is -2.03. The standard InChI is InChI=1S/C12H14N2S/c1-3-13-10-6-7-14-11(8-10)12-5-4-9(2)15-12/h4-8H,3H2,1-2H3,(H,13,14). The molecule has 2 heterocycles. The van der Waals surface area contributed by atoms with Crippen molar-refractivity contribution in [3.63, 3.8) is 0 Å². The number of anilines is 1. The third kappa shape index (κ3) is 2.36. The van der Waals surface area contributed by atoms with Gasteiger partial charge in [0.25, 0.3) is 0 Å². The quantitative estimate of drug-likeness (QED) is 0.852. The molecular weight excluding hydrogens is 204 g/mol. The average Bonchev–Trinajstić information content (AvgIpc) is 2.66. The molecule has 0 aliphatic carbocycles. The van der Waals surface area contributed by atoms with Crippen molar-refractivity contribution in [1.29, 1.82) is 0 Å². The molecule has 0 saturated heterocycles. The second-order valence-electron chi connectivity index (χ2n) is 3.37.